The van der Waals surface area contributed by atoms with Crippen molar-refractivity contribution < 1.29 is 17.9 Å². The number of ether oxygens (including phenoxy) is 1. The molecule has 6 nitrogen and oxygen atoms in total. The third-order valence-corrected chi connectivity index (χ3v) is 5.53. The molecule has 0 spiro atoms. The zero-order chi connectivity index (χ0) is 21.4. The van der Waals surface area contributed by atoms with Crippen molar-refractivity contribution in [2.24, 2.45) is 4.99 Å². The Hall–Kier alpha value is -1.76. The molecule has 11 heteroatoms. The minimum Gasteiger partial charge on any atom is -0.468 e. The predicted octanol–water partition coefficient (Wildman–Crippen LogP) is 4.43. The number of aromatic nitrogens is 1. The average molecular weight is 569 g/mol. The Bertz CT molecular complexity index is 811. The van der Waals surface area contributed by atoms with Crippen LogP contribution in [0.25, 0.3) is 0 Å². The lowest BCUT2D eigenvalue weighted by Gasteiger charge is -2.33. The van der Waals surface area contributed by atoms with Gasteiger partial charge in [0, 0.05) is 37.9 Å². The van der Waals surface area contributed by atoms with Gasteiger partial charge in [-0.3, -0.25) is 0 Å². The predicted molar refractivity (Wildman–Crippen MR) is 129 cm³/mol. The lowest BCUT2D eigenvalue weighted by atomic mass is 10.1. The van der Waals surface area contributed by atoms with E-state index in [4.69, 9.17) is 4.74 Å². The number of halogens is 4. The Labute approximate surface area is 201 Å². The summed E-state index contributed by atoms with van der Waals surface area (Å²) in [6.07, 6.45) is -0.950. The van der Waals surface area contributed by atoms with Crippen molar-refractivity contribution in [3.8, 4) is 5.88 Å². The number of piperidine rings is 1. The van der Waals surface area contributed by atoms with E-state index in [1.807, 2.05) is 6.92 Å². The van der Waals surface area contributed by atoms with Crippen molar-refractivity contribution in [1.82, 2.24) is 15.6 Å². The molecule has 2 aromatic heterocycles. The summed E-state index contributed by atoms with van der Waals surface area (Å²) in [7, 11) is 0. The molecule has 0 amide bonds. The van der Waals surface area contributed by atoms with Gasteiger partial charge < -0.3 is 20.3 Å². The van der Waals surface area contributed by atoms with Crippen molar-refractivity contribution in [3.05, 3.63) is 41.4 Å². The molecule has 3 heterocycles. The Morgan fingerprint density at radius 1 is 1.32 bits per heavy atom. The van der Waals surface area contributed by atoms with Crippen LogP contribution in [0.3, 0.4) is 0 Å². The summed E-state index contributed by atoms with van der Waals surface area (Å²) in [5, 5.41) is 10.1. The Kier molecular flexibility index (Phi) is 10.1. The van der Waals surface area contributed by atoms with Gasteiger partial charge in [-0.05, 0) is 48.9 Å². The molecular formula is C20H27F3IN5OS. The Morgan fingerprint density at radius 3 is 2.74 bits per heavy atom. The number of hydrogen-bond donors (Lipinski definition) is 2. The Balaban J connectivity index is 0.00000341. The third kappa shape index (κ3) is 8.71. The number of pyridine rings is 1. The third-order valence-electron chi connectivity index (χ3n) is 4.60. The molecule has 0 bridgehead atoms. The van der Waals surface area contributed by atoms with Crippen LogP contribution in [0.4, 0.5) is 18.2 Å². The van der Waals surface area contributed by atoms with Crippen LogP contribution in [0, 0.1) is 0 Å². The van der Waals surface area contributed by atoms with E-state index in [1.165, 1.54) is 17.3 Å². The zero-order valence-corrected chi connectivity index (χ0v) is 20.3. The van der Waals surface area contributed by atoms with Gasteiger partial charge in [0.15, 0.2) is 12.6 Å². The van der Waals surface area contributed by atoms with Crippen LogP contribution in [-0.2, 0) is 6.54 Å². The smallest absolute Gasteiger partial charge is 0.422 e. The molecule has 2 N–H and O–H groups in total. The second-order valence-electron chi connectivity index (χ2n) is 6.96. The van der Waals surface area contributed by atoms with Crippen LogP contribution in [-0.4, -0.2) is 49.4 Å². The van der Waals surface area contributed by atoms with Crippen LogP contribution in [0.15, 0.2) is 40.8 Å². The maximum atomic E-state index is 12.3. The minimum atomic E-state index is -4.39. The highest BCUT2D eigenvalue weighted by Gasteiger charge is 2.28. The van der Waals surface area contributed by atoms with Crippen LogP contribution in [0.5, 0.6) is 5.88 Å². The van der Waals surface area contributed by atoms with Gasteiger partial charge in [0.25, 0.3) is 0 Å². The van der Waals surface area contributed by atoms with Crippen LogP contribution in [0.2, 0.25) is 0 Å². The molecule has 0 atom stereocenters. The van der Waals surface area contributed by atoms with Gasteiger partial charge in [-0.2, -0.15) is 13.2 Å². The number of anilines is 1. The monoisotopic (exact) mass is 569 g/mol. The largest absolute Gasteiger partial charge is 0.468 e. The van der Waals surface area contributed by atoms with E-state index < -0.39 is 12.8 Å². The second kappa shape index (κ2) is 12.3. The van der Waals surface area contributed by atoms with Crippen LogP contribution >= 0.6 is 35.3 Å². The van der Waals surface area contributed by atoms with E-state index in [2.05, 4.69) is 43.0 Å². The van der Waals surface area contributed by atoms with Crippen LogP contribution < -0.4 is 20.3 Å². The summed E-state index contributed by atoms with van der Waals surface area (Å²) in [5.74, 6) is 0.639. The number of nitrogens with one attached hydrogen (secondary N) is 2. The fraction of sp³-hybridized carbons (Fsp3) is 0.500. The zero-order valence-electron chi connectivity index (χ0n) is 17.2. The van der Waals surface area contributed by atoms with E-state index in [9.17, 15) is 13.2 Å². The number of thiophene rings is 1. The number of nitrogens with zero attached hydrogens (tertiary/aromatic N) is 3. The standard InChI is InChI=1S/C20H26F3N5OS.HI/c1-2-24-19(27-16-6-9-28(10-7-16)18-4-3-11-30-18)26-13-15-5-8-25-17(12-15)29-14-20(21,22)23;/h3-5,8,11-12,16H,2,6-7,9-10,13-14H2,1H3,(H2,24,26,27);1H. The number of hydrogen-bond acceptors (Lipinski definition) is 5. The fourth-order valence-electron chi connectivity index (χ4n) is 3.16. The molecule has 0 aromatic carbocycles. The van der Waals surface area contributed by atoms with E-state index in [-0.39, 0.29) is 29.9 Å². The lowest BCUT2D eigenvalue weighted by Crippen LogP contribution is -2.48. The van der Waals surface area contributed by atoms with Gasteiger partial charge in [-0.15, -0.1) is 35.3 Å². The van der Waals surface area contributed by atoms with Crippen molar-refractivity contribution in [1.29, 1.82) is 0 Å². The van der Waals surface area contributed by atoms with Gasteiger partial charge in [-0.25, -0.2) is 9.98 Å². The normalized spacial score (nSPS) is 15.4. The summed E-state index contributed by atoms with van der Waals surface area (Å²) in [4.78, 5) is 10.8. The van der Waals surface area contributed by atoms with Crippen LogP contribution in [0.1, 0.15) is 25.3 Å². The number of alkyl halides is 3. The summed E-state index contributed by atoms with van der Waals surface area (Å²) in [6.45, 7) is 3.64. The summed E-state index contributed by atoms with van der Waals surface area (Å²) >= 11 is 1.76. The molecule has 0 radical (unpaired) electrons. The van der Waals surface area contributed by atoms with Crippen molar-refractivity contribution in [2.45, 2.75) is 38.5 Å². The van der Waals surface area contributed by atoms with Gasteiger partial charge >= 0.3 is 6.18 Å². The maximum absolute atomic E-state index is 12.3. The molecule has 172 valence electrons. The summed E-state index contributed by atoms with van der Waals surface area (Å²) in [6, 6.07) is 7.73. The molecule has 31 heavy (non-hydrogen) atoms. The molecule has 1 aliphatic heterocycles. The van der Waals surface area contributed by atoms with E-state index >= 15 is 0 Å². The molecule has 1 aliphatic rings. The lowest BCUT2D eigenvalue weighted by molar-refractivity contribution is -0.154. The molecule has 1 saturated heterocycles. The first-order valence-electron chi connectivity index (χ1n) is 9.90. The highest BCUT2D eigenvalue weighted by Crippen LogP contribution is 2.24. The van der Waals surface area contributed by atoms with Crippen molar-refractivity contribution in [3.63, 3.8) is 0 Å². The first-order valence-corrected chi connectivity index (χ1v) is 10.8. The van der Waals surface area contributed by atoms with Gasteiger partial charge in [-0.1, -0.05) is 0 Å². The summed E-state index contributed by atoms with van der Waals surface area (Å²) in [5.41, 5.74) is 0.729. The second-order valence-corrected chi connectivity index (χ2v) is 7.88. The van der Waals surface area contributed by atoms with E-state index in [0.717, 1.165) is 38.0 Å². The molecule has 0 saturated carbocycles. The van der Waals surface area contributed by atoms with Gasteiger partial charge in [0.1, 0.15) is 0 Å². The van der Waals surface area contributed by atoms with E-state index in [0.29, 0.717) is 18.5 Å². The topological polar surface area (TPSA) is 61.8 Å². The highest BCUT2D eigenvalue weighted by molar-refractivity contribution is 14.0. The number of guanidine groups is 1. The average Bonchev–Trinajstić information content (AvgIpc) is 3.26. The van der Waals surface area contributed by atoms with Crippen molar-refractivity contribution in [2.75, 3.05) is 31.1 Å². The molecular weight excluding hydrogens is 542 g/mol. The maximum Gasteiger partial charge on any atom is 0.422 e. The quantitative estimate of drug-likeness (QED) is 0.294. The van der Waals surface area contributed by atoms with E-state index in [1.54, 1.807) is 17.4 Å². The molecule has 0 unspecified atom stereocenters. The number of rotatable bonds is 7. The van der Waals surface area contributed by atoms with Crippen molar-refractivity contribution >= 4 is 46.3 Å². The fourth-order valence-corrected chi connectivity index (χ4v) is 3.95. The Morgan fingerprint density at radius 2 is 2.10 bits per heavy atom. The van der Waals surface area contributed by atoms with Gasteiger partial charge in [0.05, 0.1) is 11.5 Å². The first-order chi connectivity index (χ1) is 14.4. The number of aliphatic imine (C=N–C) groups is 1. The highest BCUT2D eigenvalue weighted by atomic mass is 127. The van der Waals surface area contributed by atoms with Gasteiger partial charge in [0.2, 0.25) is 5.88 Å². The minimum absolute atomic E-state index is 0. The first kappa shape index (κ1) is 25.5. The molecule has 3 rings (SSSR count). The SMILES string of the molecule is CCNC(=NCc1ccnc(OCC(F)(F)F)c1)NC1CCN(c2cccs2)CC1.I. The molecule has 1 fully saturated rings. The molecule has 2 aromatic rings. The summed E-state index contributed by atoms with van der Waals surface area (Å²) < 4.78 is 41.6. The molecule has 0 aliphatic carbocycles.